The first-order chi connectivity index (χ1) is 9.03. The van der Waals surface area contributed by atoms with Gasteiger partial charge in [-0.1, -0.05) is 35.4 Å². The van der Waals surface area contributed by atoms with Crippen LogP contribution >= 0.6 is 0 Å². The second kappa shape index (κ2) is 7.96. The molecule has 0 saturated carbocycles. The Balaban J connectivity index is 2.38. The SMILES string of the molecule is C[Si](C)(C)OCCCOC(N=[N+]=[N-])c1ccccc1. The Bertz CT molecular complexity index is 414. The molecule has 0 fully saturated rings. The average molecular weight is 279 g/mol. The van der Waals surface area contributed by atoms with E-state index in [9.17, 15) is 0 Å². The van der Waals surface area contributed by atoms with Crippen molar-refractivity contribution in [2.45, 2.75) is 32.3 Å². The Morgan fingerprint density at radius 1 is 1.21 bits per heavy atom. The summed E-state index contributed by atoms with van der Waals surface area (Å²) >= 11 is 0. The molecule has 0 saturated heterocycles. The molecule has 0 amide bonds. The summed E-state index contributed by atoms with van der Waals surface area (Å²) in [6, 6.07) is 9.48. The van der Waals surface area contributed by atoms with E-state index < -0.39 is 14.5 Å². The molecule has 0 spiro atoms. The van der Waals surface area contributed by atoms with E-state index in [2.05, 4.69) is 29.7 Å². The predicted molar refractivity (Wildman–Crippen MR) is 78.2 cm³/mol. The molecule has 0 aliphatic heterocycles. The van der Waals surface area contributed by atoms with Crippen molar-refractivity contribution < 1.29 is 9.16 Å². The fourth-order valence-corrected chi connectivity index (χ4v) is 2.25. The average Bonchev–Trinajstić information content (AvgIpc) is 2.37. The Labute approximate surface area is 115 Å². The van der Waals surface area contributed by atoms with Gasteiger partial charge in [-0.2, -0.15) is 0 Å². The van der Waals surface area contributed by atoms with Gasteiger partial charge in [0.15, 0.2) is 14.5 Å². The van der Waals surface area contributed by atoms with Crippen molar-refractivity contribution in [2.24, 2.45) is 5.11 Å². The van der Waals surface area contributed by atoms with Crippen molar-refractivity contribution in [1.29, 1.82) is 0 Å². The van der Waals surface area contributed by atoms with E-state index in [4.69, 9.17) is 14.7 Å². The third kappa shape index (κ3) is 6.98. The highest BCUT2D eigenvalue weighted by molar-refractivity contribution is 6.69. The van der Waals surface area contributed by atoms with Gasteiger partial charge < -0.3 is 9.16 Å². The van der Waals surface area contributed by atoms with Crippen LogP contribution in [0, 0.1) is 0 Å². The molecule has 0 aliphatic rings. The lowest BCUT2D eigenvalue weighted by Crippen LogP contribution is -2.26. The Hall–Kier alpha value is -1.33. The molecule has 1 atom stereocenters. The topological polar surface area (TPSA) is 67.2 Å². The Morgan fingerprint density at radius 3 is 2.47 bits per heavy atom. The van der Waals surface area contributed by atoms with Crippen molar-refractivity contribution in [1.82, 2.24) is 0 Å². The molecule has 0 radical (unpaired) electrons. The molecule has 104 valence electrons. The van der Waals surface area contributed by atoms with Crippen molar-refractivity contribution in [3.63, 3.8) is 0 Å². The second-order valence-electron chi connectivity index (χ2n) is 5.15. The van der Waals surface area contributed by atoms with Crippen LogP contribution in [0.15, 0.2) is 35.4 Å². The summed E-state index contributed by atoms with van der Waals surface area (Å²) in [5.74, 6) is 0. The molecular weight excluding hydrogens is 258 g/mol. The third-order valence-electron chi connectivity index (χ3n) is 2.34. The van der Waals surface area contributed by atoms with Crippen LogP contribution in [0.1, 0.15) is 18.2 Å². The number of ether oxygens (including phenoxy) is 1. The maximum Gasteiger partial charge on any atom is 0.183 e. The van der Waals surface area contributed by atoms with Gasteiger partial charge >= 0.3 is 0 Å². The number of rotatable bonds is 8. The highest BCUT2D eigenvalue weighted by atomic mass is 28.4. The van der Waals surface area contributed by atoms with Gasteiger partial charge in [0.25, 0.3) is 0 Å². The number of nitrogens with zero attached hydrogens (tertiary/aromatic N) is 3. The molecule has 0 bridgehead atoms. The zero-order valence-corrected chi connectivity index (χ0v) is 12.7. The summed E-state index contributed by atoms with van der Waals surface area (Å²) in [4.78, 5) is 2.83. The first kappa shape index (κ1) is 15.7. The second-order valence-corrected chi connectivity index (χ2v) is 9.67. The molecule has 1 aromatic rings. The monoisotopic (exact) mass is 279 g/mol. The summed E-state index contributed by atoms with van der Waals surface area (Å²) in [6.07, 6.45) is 0.243. The van der Waals surface area contributed by atoms with Gasteiger partial charge in [0.1, 0.15) is 0 Å². The summed E-state index contributed by atoms with van der Waals surface area (Å²) in [6.45, 7) is 7.67. The number of azide groups is 1. The van der Waals surface area contributed by atoms with E-state index in [-0.39, 0.29) is 0 Å². The standard InChI is InChI=1S/C13H21N3O2Si/c1-19(2,3)18-11-7-10-17-13(15-16-14)12-8-5-4-6-9-12/h4-6,8-9,13H,7,10-11H2,1-3H3. The van der Waals surface area contributed by atoms with Crippen molar-refractivity contribution in [3.05, 3.63) is 46.3 Å². The van der Waals surface area contributed by atoms with Gasteiger partial charge in [-0.15, -0.1) is 0 Å². The zero-order valence-electron chi connectivity index (χ0n) is 11.7. The molecule has 0 heterocycles. The first-order valence-electron chi connectivity index (χ1n) is 6.37. The molecule has 0 aliphatic carbocycles. The van der Waals surface area contributed by atoms with Crippen LogP contribution in [0.2, 0.25) is 19.6 Å². The fourth-order valence-electron chi connectivity index (χ4n) is 1.49. The number of benzene rings is 1. The summed E-state index contributed by atoms with van der Waals surface area (Å²) < 4.78 is 11.3. The number of hydrogen-bond donors (Lipinski definition) is 0. The van der Waals surface area contributed by atoms with Gasteiger partial charge in [0.2, 0.25) is 0 Å². The number of hydrogen-bond acceptors (Lipinski definition) is 3. The van der Waals surface area contributed by atoms with Crippen LogP contribution in [0.4, 0.5) is 0 Å². The summed E-state index contributed by atoms with van der Waals surface area (Å²) in [5.41, 5.74) is 9.43. The molecule has 5 nitrogen and oxygen atoms in total. The van der Waals surface area contributed by atoms with Crippen molar-refractivity contribution in [3.8, 4) is 0 Å². The summed E-state index contributed by atoms with van der Waals surface area (Å²) in [5, 5.41) is 3.67. The van der Waals surface area contributed by atoms with Gasteiger partial charge in [-0.05, 0) is 37.2 Å². The lowest BCUT2D eigenvalue weighted by Gasteiger charge is -2.18. The van der Waals surface area contributed by atoms with Crippen LogP contribution in [0.5, 0.6) is 0 Å². The van der Waals surface area contributed by atoms with E-state index in [1.54, 1.807) is 0 Å². The quantitative estimate of drug-likeness (QED) is 0.235. The van der Waals surface area contributed by atoms with E-state index >= 15 is 0 Å². The Kier molecular flexibility index (Phi) is 6.59. The smallest absolute Gasteiger partial charge is 0.183 e. The van der Waals surface area contributed by atoms with E-state index in [1.165, 1.54) is 0 Å². The molecule has 6 heteroatoms. The van der Waals surface area contributed by atoms with Crippen LogP contribution in [0.3, 0.4) is 0 Å². The normalized spacial score (nSPS) is 12.8. The van der Waals surface area contributed by atoms with Crippen LogP contribution in [-0.4, -0.2) is 21.5 Å². The largest absolute Gasteiger partial charge is 0.418 e. The molecule has 0 aromatic heterocycles. The molecule has 1 rings (SSSR count). The lowest BCUT2D eigenvalue weighted by molar-refractivity contribution is 0.0490. The molecule has 1 unspecified atom stereocenters. The van der Waals surface area contributed by atoms with Gasteiger partial charge in [0.05, 0.1) is 0 Å². The predicted octanol–water partition coefficient (Wildman–Crippen LogP) is 4.25. The van der Waals surface area contributed by atoms with Gasteiger partial charge in [-0.3, -0.25) is 0 Å². The molecule has 0 N–H and O–H groups in total. The maximum absolute atomic E-state index is 8.57. The summed E-state index contributed by atoms with van der Waals surface area (Å²) in [7, 11) is -1.45. The van der Waals surface area contributed by atoms with Crippen molar-refractivity contribution in [2.75, 3.05) is 13.2 Å². The molecule has 1 aromatic carbocycles. The highest BCUT2D eigenvalue weighted by Crippen LogP contribution is 2.19. The van der Waals surface area contributed by atoms with Gasteiger partial charge in [-0.25, -0.2) is 0 Å². The van der Waals surface area contributed by atoms with Crippen LogP contribution in [-0.2, 0) is 9.16 Å². The molecule has 19 heavy (non-hydrogen) atoms. The van der Waals surface area contributed by atoms with Crippen molar-refractivity contribution >= 4 is 8.32 Å². The van der Waals surface area contributed by atoms with E-state index in [0.717, 1.165) is 12.0 Å². The van der Waals surface area contributed by atoms with Crippen LogP contribution in [0.25, 0.3) is 10.4 Å². The Morgan fingerprint density at radius 2 is 1.89 bits per heavy atom. The van der Waals surface area contributed by atoms with E-state index in [1.807, 2.05) is 30.3 Å². The third-order valence-corrected chi connectivity index (χ3v) is 3.41. The van der Waals surface area contributed by atoms with Gasteiger partial charge in [0, 0.05) is 18.1 Å². The molecular formula is C13H21N3O2Si. The van der Waals surface area contributed by atoms with E-state index in [0.29, 0.717) is 13.2 Å². The maximum atomic E-state index is 8.57. The zero-order chi connectivity index (χ0) is 14.1. The highest BCUT2D eigenvalue weighted by Gasteiger charge is 2.14. The minimum Gasteiger partial charge on any atom is -0.418 e. The minimum atomic E-state index is -1.45. The van der Waals surface area contributed by atoms with Crippen LogP contribution < -0.4 is 0 Å². The lowest BCUT2D eigenvalue weighted by atomic mass is 10.2. The fraction of sp³-hybridized carbons (Fsp3) is 0.538. The minimum absolute atomic E-state index is 0.517. The first-order valence-corrected chi connectivity index (χ1v) is 9.78.